The molecule has 1 aromatic carbocycles. The first kappa shape index (κ1) is 20.3. The molecule has 30 heavy (non-hydrogen) atoms. The highest BCUT2D eigenvalue weighted by Crippen LogP contribution is 2.32. The van der Waals surface area contributed by atoms with Crippen LogP contribution < -0.4 is 4.74 Å². The number of benzene rings is 1. The molecule has 0 atom stereocenters. The second-order valence-corrected chi connectivity index (χ2v) is 7.94. The molecule has 0 saturated carbocycles. The standard InChI is InChI=1S/C23H29N5O2/c1-16-19(10-11-20(29)27-14-12-26(3)13-15-27)23(30-4)24-22-21(16)17(2)25-28(22)18-8-6-5-7-9-18/h5-9H,10-15H2,1-4H3. The Balaban J connectivity index is 1.65. The lowest BCUT2D eigenvalue weighted by molar-refractivity contribution is -0.132. The second kappa shape index (κ2) is 8.44. The van der Waals surface area contributed by atoms with Crippen LogP contribution in [0.25, 0.3) is 16.7 Å². The SMILES string of the molecule is COc1nc2c(c(C)nn2-c2ccccc2)c(C)c1CCC(=O)N1CCN(C)CC1. The molecule has 1 aliphatic heterocycles. The van der Waals surface area contributed by atoms with Crippen LogP contribution in [0, 0.1) is 13.8 Å². The van der Waals surface area contributed by atoms with Crippen LogP contribution in [0.15, 0.2) is 30.3 Å². The summed E-state index contributed by atoms with van der Waals surface area (Å²) in [6, 6.07) is 9.98. The Morgan fingerprint density at radius 2 is 1.80 bits per heavy atom. The number of ether oxygens (including phenoxy) is 1. The lowest BCUT2D eigenvalue weighted by Crippen LogP contribution is -2.47. The summed E-state index contributed by atoms with van der Waals surface area (Å²) in [6.45, 7) is 7.53. The maximum Gasteiger partial charge on any atom is 0.222 e. The predicted molar refractivity (Wildman–Crippen MR) is 117 cm³/mol. The number of nitrogens with zero attached hydrogens (tertiary/aromatic N) is 5. The molecule has 0 N–H and O–H groups in total. The number of hydrogen-bond donors (Lipinski definition) is 0. The van der Waals surface area contributed by atoms with Crippen molar-refractivity contribution in [3.63, 3.8) is 0 Å². The fraction of sp³-hybridized carbons (Fsp3) is 0.435. The average Bonchev–Trinajstić information content (AvgIpc) is 3.10. The minimum atomic E-state index is 0.196. The van der Waals surface area contributed by atoms with Gasteiger partial charge in [-0.15, -0.1) is 0 Å². The highest BCUT2D eigenvalue weighted by molar-refractivity contribution is 5.86. The molecule has 0 spiro atoms. The number of likely N-dealkylation sites (N-methyl/N-ethyl adjacent to an activating group) is 1. The van der Waals surface area contributed by atoms with Crippen molar-refractivity contribution in [2.75, 3.05) is 40.3 Å². The largest absolute Gasteiger partial charge is 0.481 e. The third-order valence-corrected chi connectivity index (χ3v) is 5.97. The van der Waals surface area contributed by atoms with E-state index in [1.165, 1.54) is 0 Å². The first-order chi connectivity index (χ1) is 14.5. The van der Waals surface area contributed by atoms with Gasteiger partial charge in [-0.05, 0) is 45.0 Å². The summed E-state index contributed by atoms with van der Waals surface area (Å²) in [6.07, 6.45) is 1.07. The molecule has 7 nitrogen and oxygen atoms in total. The van der Waals surface area contributed by atoms with Crippen LogP contribution in [0.1, 0.15) is 23.2 Å². The van der Waals surface area contributed by atoms with E-state index < -0.39 is 0 Å². The van der Waals surface area contributed by atoms with Gasteiger partial charge in [-0.2, -0.15) is 10.1 Å². The number of fused-ring (bicyclic) bond motifs is 1. The van der Waals surface area contributed by atoms with Gasteiger partial charge in [0.2, 0.25) is 11.8 Å². The van der Waals surface area contributed by atoms with E-state index >= 15 is 0 Å². The van der Waals surface area contributed by atoms with Gasteiger partial charge in [-0.25, -0.2) is 4.68 Å². The van der Waals surface area contributed by atoms with Crippen molar-refractivity contribution in [2.24, 2.45) is 0 Å². The fourth-order valence-electron chi connectivity index (χ4n) is 4.19. The zero-order valence-corrected chi connectivity index (χ0v) is 18.2. The van der Waals surface area contributed by atoms with E-state index in [1.807, 2.05) is 46.8 Å². The Morgan fingerprint density at radius 1 is 1.10 bits per heavy atom. The van der Waals surface area contributed by atoms with Crippen LogP contribution in [-0.4, -0.2) is 70.8 Å². The van der Waals surface area contributed by atoms with Gasteiger partial charge in [0.1, 0.15) is 0 Å². The molecule has 2 aromatic heterocycles. The first-order valence-electron chi connectivity index (χ1n) is 10.4. The number of rotatable bonds is 5. The number of para-hydroxylation sites is 1. The van der Waals surface area contributed by atoms with E-state index in [4.69, 9.17) is 14.8 Å². The molecular formula is C23H29N5O2. The Morgan fingerprint density at radius 3 is 2.47 bits per heavy atom. The van der Waals surface area contributed by atoms with Crippen molar-refractivity contribution < 1.29 is 9.53 Å². The number of amides is 1. The van der Waals surface area contributed by atoms with Gasteiger partial charge >= 0.3 is 0 Å². The molecule has 1 aliphatic rings. The lowest BCUT2D eigenvalue weighted by atomic mass is 10.0. The van der Waals surface area contributed by atoms with Crippen molar-refractivity contribution in [2.45, 2.75) is 26.7 Å². The molecule has 0 radical (unpaired) electrons. The quantitative estimate of drug-likeness (QED) is 0.651. The number of carbonyl (C=O) groups is 1. The number of pyridine rings is 1. The number of piperazine rings is 1. The van der Waals surface area contributed by atoms with E-state index in [-0.39, 0.29) is 5.91 Å². The van der Waals surface area contributed by atoms with Crippen molar-refractivity contribution >= 4 is 16.9 Å². The molecule has 1 fully saturated rings. The van der Waals surface area contributed by atoms with Gasteiger partial charge in [0, 0.05) is 43.5 Å². The molecular weight excluding hydrogens is 378 g/mol. The van der Waals surface area contributed by atoms with Crippen molar-refractivity contribution in [3.8, 4) is 11.6 Å². The Kier molecular flexibility index (Phi) is 5.72. The predicted octanol–water partition coefficient (Wildman–Crippen LogP) is 2.75. The van der Waals surface area contributed by atoms with Gasteiger partial charge < -0.3 is 14.5 Å². The molecule has 0 bridgehead atoms. The summed E-state index contributed by atoms with van der Waals surface area (Å²) in [5.74, 6) is 0.768. The highest BCUT2D eigenvalue weighted by atomic mass is 16.5. The van der Waals surface area contributed by atoms with Gasteiger partial charge in [-0.3, -0.25) is 4.79 Å². The zero-order chi connectivity index (χ0) is 21.3. The summed E-state index contributed by atoms with van der Waals surface area (Å²) in [7, 11) is 3.73. The summed E-state index contributed by atoms with van der Waals surface area (Å²) < 4.78 is 7.50. The van der Waals surface area contributed by atoms with Crippen LogP contribution in [-0.2, 0) is 11.2 Å². The van der Waals surface area contributed by atoms with E-state index in [0.29, 0.717) is 18.7 Å². The van der Waals surface area contributed by atoms with Gasteiger partial charge in [-0.1, -0.05) is 18.2 Å². The Labute approximate surface area is 177 Å². The monoisotopic (exact) mass is 407 g/mol. The number of carbonyl (C=O) groups excluding carboxylic acids is 1. The summed E-state index contributed by atoms with van der Waals surface area (Å²) >= 11 is 0. The van der Waals surface area contributed by atoms with E-state index in [1.54, 1.807) is 7.11 Å². The van der Waals surface area contributed by atoms with Crippen LogP contribution >= 0.6 is 0 Å². The van der Waals surface area contributed by atoms with E-state index in [9.17, 15) is 4.79 Å². The van der Waals surface area contributed by atoms with Gasteiger partial charge in [0.05, 0.1) is 18.5 Å². The first-order valence-corrected chi connectivity index (χ1v) is 10.4. The third kappa shape index (κ3) is 3.77. The number of methoxy groups -OCH3 is 1. The zero-order valence-electron chi connectivity index (χ0n) is 18.2. The number of hydrogen-bond acceptors (Lipinski definition) is 5. The maximum atomic E-state index is 12.7. The van der Waals surface area contributed by atoms with Crippen LogP contribution in [0.4, 0.5) is 0 Å². The topological polar surface area (TPSA) is 63.5 Å². The minimum absolute atomic E-state index is 0.196. The van der Waals surface area contributed by atoms with Crippen molar-refractivity contribution in [3.05, 3.63) is 47.2 Å². The number of aromatic nitrogens is 3. The van der Waals surface area contributed by atoms with Gasteiger partial charge in [0.15, 0.2) is 5.65 Å². The molecule has 3 heterocycles. The second-order valence-electron chi connectivity index (χ2n) is 7.94. The molecule has 0 unspecified atom stereocenters. The summed E-state index contributed by atoms with van der Waals surface area (Å²) in [5.41, 5.74) is 4.74. The molecule has 1 saturated heterocycles. The van der Waals surface area contributed by atoms with Gasteiger partial charge in [0.25, 0.3) is 0 Å². The average molecular weight is 408 g/mol. The third-order valence-electron chi connectivity index (χ3n) is 5.97. The van der Waals surface area contributed by atoms with Crippen LogP contribution in [0.3, 0.4) is 0 Å². The molecule has 7 heteroatoms. The van der Waals surface area contributed by atoms with E-state index in [2.05, 4.69) is 18.9 Å². The van der Waals surface area contributed by atoms with Crippen molar-refractivity contribution in [1.82, 2.24) is 24.6 Å². The highest BCUT2D eigenvalue weighted by Gasteiger charge is 2.23. The Bertz CT molecular complexity index is 1050. The smallest absolute Gasteiger partial charge is 0.222 e. The molecule has 4 rings (SSSR count). The lowest BCUT2D eigenvalue weighted by Gasteiger charge is -2.32. The molecule has 158 valence electrons. The van der Waals surface area contributed by atoms with Crippen molar-refractivity contribution in [1.29, 1.82) is 0 Å². The summed E-state index contributed by atoms with van der Waals surface area (Å²) in [5, 5.41) is 5.76. The Hall–Kier alpha value is -2.93. The van der Waals surface area contributed by atoms with Crippen LogP contribution in [0.2, 0.25) is 0 Å². The minimum Gasteiger partial charge on any atom is -0.481 e. The molecule has 1 amide bonds. The summed E-state index contributed by atoms with van der Waals surface area (Å²) in [4.78, 5) is 21.8. The van der Waals surface area contributed by atoms with Crippen LogP contribution in [0.5, 0.6) is 5.88 Å². The number of aryl methyl sites for hydroxylation is 2. The normalized spacial score (nSPS) is 15.0. The van der Waals surface area contributed by atoms with E-state index in [0.717, 1.165) is 59.7 Å². The molecule has 3 aromatic rings. The maximum absolute atomic E-state index is 12.7. The fourth-order valence-corrected chi connectivity index (χ4v) is 4.19. The molecule has 0 aliphatic carbocycles.